The van der Waals surface area contributed by atoms with Crippen molar-refractivity contribution >= 4 is 5.78 Å². The first-order valence-corrected chi connectivity index (χ1v) is 13.6. The number of allylic oxidation sites excluding steroid dienone is 2. The second kappa shape index (κ2) is 8.51. The van der Waals surface area contributed by atoms with E-state index >= 15 is 4.39 Å². The molecule has 0 aromatic carbocycles. The van der Waals surface area contributed by atoms with E-state index in [1.54, 1.807) is 0 Å². The van der Waals surface area contributed by atoms with Gasteiger partial charge in [-0.2, -0.15) is 0 Å². The van der Waals surface area contributed by atoms with E-state index in [9.17, 15) is 9.90 Å². The molecule has 0 amide bonds. The number of carbonyl (C=O) groups is 1. The lowest BCUT2D eigenvalue weighted by Gasteiger charge is -2.62. The summed E-state index contributed by atoms with van der Waals surface area (Å²) in [4.78, 5) is 13.2. The van der Waals surface area contributed by atoms with Crippen molar-refractivity contribution in [3.8, 4) is 0 Å². The summed E-state index contributed by atoms with van der Waals surface area (Å²) >= 11 is 0. The maximum Gasteiger partial charge on any atom is 0.176 e. The molecule has 1 N–H and O–H groups in total. The molecule has 4 aliphatic carbocycles. The average molecular weight is 447 g/mol. The lowest BCUT2D eigenvalue weighted by Crippen LogP contribution is -2.65. The Hall–Kier alpha value is -0.700. The molecule has 2 nitrogen and oxygen atoms in total. The predicted molar refractivity (Wildman–Crippen MR) is 129 cm³/mol. The van der Waals surface area contributed by atoms with Crippen molar-refractivity contribution in [2.45, 2.75) is 111 Å². The van der Waals surface area contributed by atoms with Crippen molar-refractivity contribution in [1.29, 1.82) is 0 Å². The fourth-order valence-electron chi connectivity index (χ4n) is 9.16. The molecule has 0 radical (unpaired) electrons. The van der Waals surface area contributed by atoms with E-state index in [1.165, 1.54) is 19.3 Å². The third kappa shape index (κ3) is 3.55. The fraction of sp³-hybridized carbons (Fsp3) is 0.897. The van der Waals surface area contributed by atoms with Gasteiger partial charge in [-0.25, -0.2) is 4.39 Å². The standard InChI is InChI=1S/C29H47FO2/c1-7-20(18(2)3)9-8-19(4)23-10-11-24-22-16-26(32)29(30)17-21(31)12-15-28(29,6)25(22)13-14-27(23,24)5/h8-9,18-25,31H,7,10-17H2,1-6H3/b9-8+/t19-,20-,21+,22+,23-,24+,25+,27-,28-,29+/m1/s1. The smallest absolute Gasteiger partial charge is 0.176 e. The molecular formula is C29H47FO2. The van der Waals surface area contributed by atoms with Crippen LogP contribution in [0.5, 0.6) is 0 Å². The van der Waals surface area contributed by atoms with Crippen molar-refractivity contribution in [1.82, 2.24) is 0 Å². The number of aliphatic hydroxyl groups is 1. The summed E-state index contributed by atoms with van der Waals surface area (Å²) in [6, 6.07) is 0. The van der Waals surface area contributed by atoms with E-state index in [0.29, 0.717) is 54.8 Å². The van der Waals surface area contributed by atoms with Crippen molar-refractivity contribution in [2.75, 3.05) is 0 Å². The summed E-state index contributed by atoms with van der Waals surface area (Å²) in [5, 5.41) is 10.2. The van der Waals surface area contributed by atoms with Crippen LogP contribution in [0.3, 0.4) is 0 Å². The van der Waals surface area contributed by atoms with Gasteiger partial charge in [-0.1, -0.05) is 53.7 Å². The molecule has 4 rings (SSSR count). The first-order valence-electron chi connectivity index (χ1n) is 13.6. The van der Waals surface area contributed by atoms with Crippen LogP contribution in [0.15, 0.2) is 12.2 Å². The summed E-state index contributed by atoms with van der Waals surface area (Å²) in [6.45, 7) is 13.8. The van der Waals surface area contributed by atoms with Crippen LogP contribution in [0.4, 0.5) is 4.39 Å². The molecule has 0 aliphatic heterocycles. The van der Waals surface area contributed by atoms with Crippen LogP contribution >= 0.6 is 0 Å². The SMILES string of the molecule is CC[C@H](/C=C/[C@@H](C)[C@H]1CC[C@H]2[C@@H]3CC(=O)[C@@]4(F)C[C@@H](O)CC[C@]4(C)[C@H]3CC[C@]12C)C(C)C. The Morgan fingerprint density at radius 3 is 2.44 bits per heavy atom. The average Bonchev–Trinajstić information content (AvgIpc) is 3.08. The van der Waals surface area contributed by atoms with Gasteiger partial charge in [0.05, 0.1) is 6.10 Å². The number of alkyl halides is 1. The molecule has 3 heteroatoms. The topological polar surface area (TPSA) is 37.3 Å². The normalized spacial score (nSPS) is 48.4. The Balaban J connectivity index is 1.56. The van der Waals surface area contributed by atoms with E-state index < -0.39 is 17.2 Å². The molecule has 0 aromatic heterocycles. The Labute approximate surface area is 195 Å². The third-order valence-corrected chi connectivity index (χ3v) is 11.2. The first kappa shape index (κ1) is 24.4. The summed E-state index contributed by atoms with van der Waals surface area (Å²) in [5.74, 6) is 3.46. The zero-order chi connectivity index (χ0) is 23.5. The van der Waals surface area contributed by atoms with E-state index in [1.807, 2.05) is 6.92 Å². The summed E-state index contributed by atoms with van der Waals surface area (Å²) in [6.07, 6.45) is 11.8. The maximum atomic E-state index is 16.2. The Bertz CT molecular complexity index is 745. The van der Waals surface area contributed by atoms with E-state index in [2.05, 4.69) is 46.8 Å². The van der Waals surface area contributed by atoms with Gasteiger partial charge in [-0.15, -0.1) is 0 Å². The minimum atomic E-state index is -1.82. The third-order valence-electron chi connectivity index (χ3n) is 11.2. The van der Waals surface area contributed by atoms with Gasteiger partial charge in [0.2, 0.25) is 0 Å². The van der Waals surface area contributed by atoms with Gasteiger partial charge < -0.3 is 5.11 Å². The Morgan fingerprint density at radius 1 is 1.06 bits per heavy atom. The molecule has 4 saturated carbocycles. The second-order valence-corrected chi connectivity index (χ2v) is 12.9. The van der Waals surface area contributed by atoms with Gasteiger partial charge in [0.15, 0.2) is 11.5 Å². The molecule has 0 unspecified atom stereocenters. The van der Waals surface area contributed by atoms with Crippen molar-refractivity contribution in [2.24, 2.45) is 52.3 Å². The summed E-state index contributed by atoms with van der Waals surface area (Å²) < 4.78 is 16.2. The highest BCUT2D eigenvalue weighted by molar-refractivity contribution is 5.89. The fourth-order valence-corrected chi connectivity index (χ4v) is 9.16. The van der Waals surface area contributed by atoms with Gasteiger partial charge in [0.1, 0.15) is 0 Å². The van der Waals surface area contributed by atoms with Crippen LogP contribution in [-0.4, -0.2) is 22.7 Å². The van der Waals surface area contributed by atoms with Gasteiger partial charge in [-0.05, 0) is 91.8 Å². The molecule has 182 valence electrons. The van der Waals surface area contributed by atoms with Crippen molar-refractivity contribution in [3.05, 3.63) is 12.2 Å². The van der Waals surface area contributed by atoms with Gasteiger partial charge in [0.25, 0.3) is 0 Å². The number of fused-ring (bicyclic) bond motifs is 5. The van der Waals surface area contributed by atoms with Crippen LogP contribution in [0, 0.1) is 52.3 Å². The number of aliphatic hydroxyl groups excluding tert-OH is 1. The predicted octanol–water partition coefficient (Wildman–Crippen LogP) is 7.15. The highest BCUT2D eigenvalue weighted by Crippen LogP contribution is 2.69. The lowest BCUT2D eigenvalue weighted by molar-refractivity contribution is -0.191. The van der Waals surface area contributed by atoms with Crippen LogP contribution in [0.25, 0.3) is 0 Å². The first-order chi connectivity index (χ1) is 15.0. The molecular weight excluding hydrogens is 399 g/mol. The Kier molecular flexibility index (Phi) is 6.49. The molecule has 4 aliphatic rings. The van der Waals surface area contributed by atoms with Gasteiger partial charge in [0, 0.05) is 18.3 Å². The number of hydrogen-bond acceptors (Lipinski definition) is 2. The van der Waals surface area contributed by atoms with E-state index in [-0.39, 0.29) is 23.5 Å². The highest BCUT2D eigenvalue weighted by Gasteiger charge is 2.68. The van der Waals surface area contributed by atoms with E-state index in [4.69, 9.17) is 0 Å². The zero-order valence-corrected chi connectivity index (χ0v) is 21.4. The quantitative estimate of drug-likeness (QED) is 0.455. The molecule has 0 heterocycles. The summed E-state index contributed by atoms with van der Waals surface area (Å²) in [5.41, 5.74) is -2.16. The summed E-state index contributed by atoms with van der Waals surface area (Å²) in [7, 11) is 0. The van der Waals surface area contributed by atoms with Crippen molar-refractivity contribution < 1.29 is 14.3 Å². The number of rotatable bonds is 5. The van der Waals surface area contributed by atoms with Crippen LogP contribution in [-0.2, 0) is 4.79 Å². The van der Waals surface area contributed by atoms with E-state index in [0.717, 1.165) is 12.8 Å². The van der Waals surface area contributed by atoms with Gasteiger partial charge >= 0.3 is 0 Å². The molecule has 4 fully saturated rings. The molecule has 0 spiro atoms. The number of carbonyl (C=O) groups excluding carboxylic acids is 1. The van der Waals surface area contributed by atoms with Crippen molar-refractivity contribution in [3.63, 3.8) is 0 Å². The van der Waals surface area contributed by atoms with Crippen LogP contribution in [0.2, 0.25) is 0 Å². The second-order valence-electron chi connectivity index (χ2n) is 12.9. The van der Waals surface area contributed by atoms with Crippen LogP contribution in [0.1, 0.15) is 99.3 Å². The molecule has 0 aromatic rings. The monoisotopic (exact) mass is 446 g/mol. The molecule has 0 bridgehead atoms. The molecule has 10 atom stereocenters. The Morgan fingerprint density at radius 2 is 1.78 bits per heavy atom. The molecule has 0 saturated heterocycles. The number of Topliss-reactive ketones (excluding diaryl/α,β-unsaturated/α-hetero) is 1. The number of ketones is 1. The lowest BCUT2D eigenvalue weighted by atomic mass is 9.43. The highest BCUT2D eigenvalue weighted by atomic mass is 19.1. The minimum Gasteiger partial charge on any atom is -0.393 e. The van der Waals surface area contributed by atoms with Gasteiger partial charge in [-0.3, -0.25) is 4.79 Å². The van der Waals surface area contributed by atoms with Crippen LogP contribution < -0.4 is 0 Å². The zero-order valence-electron chi connectivity index (χ0n) is 21.4. The minimum absolute atomic E-state index is 0.0202. The number of halogens is 1. The number of hydrogen-bond donors (Lipinski definition) is 1. The largest absolute Gasteiger partial charge is 0.393 e. The maximum absolute atomic E-state index is 16.2. The molecule has 32 heavy (non-hydrogen) atoms.